The van der Waals surface area contributed by atoms with Crippen LogP contribution < -0.4 is 19.7 Å². The van der Waals surface area contributed by atoms with Gasteiger partial charge in [-0.2, -0.15) is 0 Å². The van der Waals surface area contributed by atoms with Crippen molar-refractivity contribution in [2.45, 2.75) is 26.4 Å². The molecule has 1 fully saturated rings. The fourth-order valence-electron chi connectivity index (χ4n) is 3.77. The Hall–Kier alpha value is -2.87. The van der Waals surface area contributed by atoms with Gasteiger partial charge in [-0.1, -0.05) is 0 Å². The molecule has 2 aliphatic heterocycles. The van der Waals surface area contributed by atoms with Crippen LogP contribution in [0.4, 0.5) is 11.6 Å². The van der Waals surface area contributed by atoms with Gasteiger partial charge >= 0.3 is 0 Å². The smallest absolute Gasteiger partial charge is 0.238 e. The second-order valence-electron chi connectivity index (χ2n) is 7.38. The van der Waals surface area contributed by atoms with Gasteiger partial charge in [-0.3, -0.25) is 9.69 Å². The first-order valence-electron chi connectivity index (χ1n) is 10.1. The predicted octanol–water partition coefficient (Wildman–Crippen LogP) is 1.96. The normalized spacial score (nSPS) is 18.8. The quantitative estimate of drug-likeness (QED) is 0.798. The molecule has 3 heterocycles. The average molecular weight is 397 g/mol. The third-order valence-corrected chi connectivity index (χ3v) is 5.15. The van der Waals surface area contributed by atoms with Gasteiger partial charge in [0.05, 0.1) is 18.8 Å². The molecule has 29 heavy (non-hydrogen) atoms. The molecule has 1 amide bonds. The van der Waals surface area contributed by atoms with Gasteiger partial charge in [0, 0.05) is 56.6 Å². The third-order valence-electron chi connectivity index (χ3n) is 5.15. The first kappa shape index (κ1) is 19.4. The van der Waals surface area contributed by atoms with Crippen LogP contribution in [-0.2, 0) is 11.2 Å². The molecule has 8 heteroatoms. The molecule has 1 aromatic heterocycles. The zero-order valence-electron chi connectivity index (χ0n) is 16.9. The first-order chi connectivity index (χ1) is 14.1. The van der Waals surface area contributed by atoms with Gasteiger partial charge in [0.1, 0.15) is 17.6 Å². The number of hydrogen-bond donors (Lipinski definition) is 1. The Kier molecular flexibility index (Phi) is 5.80. The highest BCUT2D eigenvalue weighted by Crippen LogP contribution is 2.38. The number of carbonyl (C=O) groups excluding carboxylic acids is 1. The van der Waals surface area contributed by atoms with Crippen molar-refractivity contribution in [1.29, 1.82) is 0 Å². The van der Waals surface area contributed by atoms with Crippen molar-refractivity contribution in [1.82, 2.24) is 14.9 Å². The van der Waals surface area contributed by atoms with Gasteiger partial charge in [-0.25, -0.2) is 9.97 Å². The van der Waals surface area contributed by atoms with Crippen LogP contribution in [0.2, 0.25) is 0 Å². The third kappa shape index (κ3) is 4.59. The number of piperazine rings is 1. The Bertz CT molecular complexity index is 853. The molecule has 0 aliphatic carbocycles. The molecule has 1 saturated heterocycles. The number of fused-ring (bicyclic) bond motifs is 1. The Balaban J connectivity index is 1.35. The summed E-state index contributed by atoms with van der Waals surface area (Å²) in [6.07, 6.45) is 4.51. The van der Waals surface area contributed by atoms with E-state index in [9.17, 15) is 4.79 Å². The maximum Gasteiger partial charge on any atom is 0.238 e. The van der Waals surface area contributed by atoms with E-state index < -0.39 is 0 Å². The summed E-state index contributed by atoms with van der Waals surface area (Å²) < 4.78 is 11.6. The molecule has 2 aliphatic rings. The Morgan fingerprint density at radius 3 is 2.72 bits per heavy atom. The lowest BCUT2D eigenvalue weighted by Crippen LogP contribution is -2.49. The van der Waals surface area contributed by atoms with Crippen LogP contribution in [0.1, 0.15) is 19.4 Å². The lowest BCUT2D eigenvalue weighted by Gasteiger charge is -2.34. The summed E-state index contributed by atoms with van der Waals surface area (Å²) >= 11 is 0. The van der Waals surface area contributed by atoms with E-state index in [1.165, 1.54) is 0 Å². The summed E-state index contributed by atoms with van der Waals surface area (Å²) in [6, 6.07) is 5.67. The molecule has 0 bridgehead atoms. The van der Waals surface area contributed by atoms with Crippen molar-refractivity contribution in [3.63, 3.8) is 0 Å². The van der Waals surface area contributed by atoms with E-state index >= 15 is 0 Å². The average Bonchev–Trinajstić information content (AvgIpc) is 3.08. The number of anilines is 2. The zero-order chi connectivity index (χ0) is 20.2. The molecule has 0 radical (unpaired) electrons. The number of ether oxygens (including phenoxy) is 2. The topological polar surface area (TPSA) is 79.8 Å². The number of amides is 1. The minimum Gasteiger partial charge on any atom is -0.492 e. The highest BCUT2D eigenvalue weighted by atomic mass is 16.5. The number of nitrogens with zero attached hydrogens (tertiary/aromatic N) is 4. The van der Waals surface area contributed by atoms with E-state index in [4.69, 9.17) is 9.47 Å². The first-order valence-corrected chi connectivity index (χ1v) is 10.1. The number of aromatic nitrogens is 2. The fourth-order valence-corrected chi connectivity index (χ4v) is 3.77. The van der Waals surface area contributed by atoms with E-state index in [2.05, 4.69) is 25.1 Å². The van der Waals surface area contributed by atoms with Gasteiger partial charge in [-0.15, -0.1) is 0 Å². The molecule has 8 nitrogen and oxygen atoms in total. The van der Waals surface area contributed by atoms with Gasteiger partial charge < -0.3 is 19.7 Å². The Morgan fingerprint density at radius 2 is 2.00 bits per heavy atom. The summed E-state index contributed by atoms with van der Waals surface area (Å²) in [4.78, 5) is 25.5. The van der Waals surface area contributed by atoms with Crippen LogP contribution in [0.5, 0.6) is 11.5 Å². The van der Waals surface area contributed by atoms with Gasteiger partial charge in [-0.05, 0) is 26.0 Å². The predicted molar refractivity (Wildman–Crippen MR) is 111 cm³/mol. The van der Waals surface area contributed by atoms with Gasteiger partial charge in [0.15, 0.2) is 0 Å². The molecule has 0 saturated carbocycles. The minimum absolute atomic E-state index is 0.0543. The molecular weight excluding hydrogens is 370 g/mol. The second-order valence-corrected chi connectivity index (χ2v) is 7.38. The number of rotatable bonds is 6. The standard InChI is InChI=1S/C21H27N5O3/c1-3-28-19-12-16-11-15(2)29-18(16)13-17(19)24-20(27)14-25-7-9-26(10-8-25)21-22-5-4-6-23-21/h4-6,12-13,15H,3,7-11,14H2,1-2H3,(H,24,27)/t15-/m1/s1. The van der Waals surface area contributed by atoms with E-state index in [-0.39, 0.29) is 12.0 Å². The second kappa shape index (κ2) is 8.65. The number of nitrogens with one attached hydrogen (secondary N) is 1. The van der Waals surface area contributed by atoms with E-state index in [1.54, 1.807) is 12.4 Å². The van der Waals surface area contributed by atoms with Crippen molar-refractivity contribution in [2.24, 2.45) is 0 Å². The molecule has 1 N–H and O–H groups in total. The molecule has 0 unspecified atom stereocenters. The fraction of sp³-hybridized carbons (Fsp3) is 0.476. The number of benzene rings is 1. The molecule has 4 rings (SSSR count). The number of carbonyl (C=O) groups is 1. The van der Waals surface area contributed by atoms with Crippen LogP contribution in [0, 0.1) is 0 Å². The van der Waals surface area contributed by atoms with E-state index in [0.717, 1.165) is 49.9 Å². The van der Waals surface area contributed by atoms with E-state index in [0.29, 0.717) is 24.6 Å². The summed E-state index contributed by atoms with van der Waals surface area (Å²) in [5.74, 6) is 2.21. The van der Waals surface area contributed by atoms with Crippen LogP contribution >= 0.6 is 0 Å². The molecule has 1 atom stereocenters. The van der Waals surface area contributed by atoms with Crippen LogP contribution in [-0.4, -0.2) is 66.2 Å². The minimum atomic E-state index is -0.0543. The lowest BCUT2D eigenvalue weighted by atomic mass is 10.1. The maximum atomic E-state index is 12.7. The van der Waals surface area contributed by atoms with Crippen molar-refractivity contribution < 1.29 is 14.3 Å². The van der Waals surface area contributed by atoms with Crippen molar-refractivity contribution in [2.75, 3.05) is 49.5 Å². The highest BCUT2D eigenvalue weighted by molar-refractivity contribution is 5.94. The lowest BCUT2D eigenvalue weighted by molar-refractivity contribution is -0.117. The van der Waals surface area contributed by atoms with Crippen LogP contribution in [0.15, 0.2) is 30.6 Å². The largest absolute Gasteiger partial charge is 0.492 e. The summed E-state index contributed by atoms with van der Waals surface area (Å²) in [5.41, 5.74) is 1.79. The monoisotopic (exact) mass is 397 g/mol. The molecular formula is C21H27N5O3. The van der Waals surface area contributed by atoms with Crippen molar-refractivity contribution in [3.8, 4) is 11.5 Å². The van der Waals surface area contributed by atoms with Crippen LogP contribution in [0.3, 0.4) is 0 Å². The molecule has 154 valence electrons. The Morgan fingerprint density at radius 1 is 1.24 bits per heavy atom. The molecule has 1 aromatic carbocycles. The SMILES string of the molecule is CCOc1cc2c(cc1NC(=O)CN1CCN(c3ncccn3)CC1)O[C@H](C)C2. The molecule has 2 aromatic rings. The highest BCUT2D eigenvalue weighted by Gasteiger charge is 2.24. The maximum absolute atomic E-state index is 12.7. The Labute approximate surface area is 170 Å². The van der Waals surface area contributed by atoms with Gasteiger partial charge in [0.2, 0.25) is 11.9 Å². The number of hydrogen-bond acceptors (Lipinski definition) is 7. The zero-order valence-corrected chi connectivity index (χ0v) is 16.9. The summed E-state index contributed by atoms with van der Waals surface area (Å²) in [7, 11) is 0. The summed E-state index contributed by atoms with van der Waals surface area (Å²) in [5, 5.41) is 3.01. The van der Waals surface area contributed by atoms with Crippen molar-refractivity contribution in [3.05, 3.63) is 36.2 Å². The van der Waals surface area contributed by atoms with Crippen molar-refractivity contribution >= 4 is 17.5 Å². The van der Waals surface area contributed by atoms with Gasteiger partial charge in [0.25, 0.3) is 0 Å². The van der Waals surface area contributed by atoms with E-state index in [1.807, 2.05) is 32.0 Å². The summed E-state index contributed by atoms with van der Waals surface area (Å²) in [6.45, 7) is 8.03. The molecule has 0 spiro atoms. The van der Waals surface area contributed by atoms with Crippen LogP contribution in [0.25, 0.3) is 0 Å².